The molecular formula is C27H28N2O7S. The van der Waals surface area contributed by atoms with E-state index in [1.165, 1.54) is 23.0 Å². The Labute approximate surface area is 217 Å². The third-order valence-corrected chi connectivity index (χ3v) is 6.91. The van der Waals surface area contributed by atoms with Crippen molar-refractivity contribution in [1.29, 1.82) is 0 Å². The zero-order valence-corrected chi connectivity index (χ0v) is 22.1. The van der Waals surface area contributed by atoms with E-state index in [1.54, 1.807) is 52.5 Å². The Morgan fingerprint density at radius 1 is 1.03 bits per heavy atom. The molecule has 2 heterocycles. The molecule has 194 valence electrons. The van der Waals surface area contributed by atoms with Crippen molar-refractivity contribution >= 4 is 23.4 Å². The fourth-order valence-electron chi connectivity index (χ4n) is 4.14. The quantitative estimate of drug-likeness (QED) is 0.313. The average Bonchev–Trinajstić information content (AvgIpc) is 3.22. The number of benzene rings is 2. The third kappa shape index (κ3) is 5.16. The fraction of sp³-hybridized carbons (Fsp3) is 0.296. The molecule has 1 aromatic heterocycles. The smallest absolute Gasteiger partial charge is 0.338 e. The molecule has 1 atom stereocenters. The number of rotatable bonds is 9. The van der Waals surface area contributed by atoms with Crippen LogP contribution >= 0.6 is 11.3 Å². The lowest BCUT2D eigenvalue weighted by Gasteiger charge is -2.26. The Balaban J connectivity index is 1.93. The van der Waals surface area contributed by atoms with Crippen LogP contribution in [0, 0.1) is 0 Å². The number of carbonyl (C=O) groups is 1. The first-order chi connectivity index (χ1) is 17.9. The number of fused-ring (bicyclic) bond motifs is 1. The Kier molecular flexibility index (Phi) is 8.10. The van der Waals surface area contributed by atoms with Gasteiger partial charge >= 0.3 is 5.97 Å². The van der Waals surface area contributed by atoms with E-state index in [0.29, 0.717) is 43.4 Å². The summed E-state index contributed by atoms with van der Waals surface area (Å²) < 4.78 is 28.8. The number of hydrogen-bond acceptors (Lipinski definition) is 9. The second kappa shape index (κ2) is 11.4. The highest BCUT2D eigenvalue weighted by molar-refractivity contribution is 7.07. The highest BCUT2D eigenvalue weighted by Gasteiger charge is 2.35. The molecule has 0 bridgehead atoms. The summed E-state index contributed by atoms with van der Waals surface area (Å²) >= 11 is 1.23. The lowest BCUT2D eigenvalue weighted by Crippen LogP contribution is -2.40. The summed E-state index contributed by atoms with van der Waals surface area (Å²) in [5.41, 5.74) is 1.78. The average molecular weight is 525 g/mol. The molecule has 1 aliphatic rings. The zero-order valence-electron chi connectivity index (χ0n) is 21.3. The molecule has 0 radical (unpaired) electrons. The van der Waals surface area contributed by atoms with Crippen LogP contribution < -0.4 is 29.1 Å². The number of ether oxygens (including phenoxy) is 5. The van der Waals surface area contributed by atoms with Crippen molar-refractivity contribution in [3.63, 3.8) is 0 Å². The maximum absolute atomic E-state index is 13.8. The van der Waals surface area contributed by atoms with Gasteiger partial charge in [-0.25, -0.2) is 9.79 Å². The van der Waals surface area contributed by atoms with E-state index in [2.05, 4.69) is 4.99 Å². The summed E-state index contributed by atoms with van der Waals surface area (Å²) in [6, 6.07) is 11.8. The summed E-state index contributed by atoms with van der Waals surface area (Å²) in [6.45, 7) is 2.06. The molecule has 0 N–H and O–H groups in total. The number of para-hydroxylation sites is 1. The number of methoxy groups -OCH3 is 4. The van der Waals surface area contributed by atoms with Crippen molar-refractivity contribution in [2.45, 2.75) is 13.0 Å². The lowest BCUT2D eigenvalue weighted by molar-refractivity contribution is -0.140. The number of allylic oxidation sites excluding steroid dienone is 1. The summed E-state index contributed by atoms with van der Waals surface area (Å²) in [7, 11) is 6.20. The third-order valence-electron chi connectivity index (χ3n) is 5.92. The van der Waals surface area contributed by atoms with Crippen LogP contribution in [0.5, 0.6) is 17.2 Å². The summed E-state index contributed by atoms with van der Waals surface area (Å²) in [6.07, 6.45) is 1.75. The molecule has 3 aromatic rings. The Bertz CT molecular complexity index is 1520. The lowest BCUT2D eigenvalue weighted by atomic mass is 9.95. The number of thiazole rings is 1. The SMILES string of the molecule is COCCOC(=O)C1=C(C)N=c2sc(=Cc3ccc(OC)cc3OC)c(=O)n2C1c1ccccc1OC. The minimum absolute atomic E-state index is 0.0758. The van der Waals surface area contributed by atoms with E-state index in [1.807, 2.05) is 24.3 Å². The highest BCUT2D eigenvalue weighted by Crippen LogP contribution is 2.35. The molecule has 2 aromatic carbocycles. The molecule has 0 aliphatic carbocycles. The van der Waals surface area contributed by atoms with Gasteiger partial charge in [-0.3, -0.25) is 9.36 Å². The summed E-state index contributed by atoms with van der Waals surface area (Å²) in [5, 5.41) is 0. The first-order valence-corrected chi connectivity index (χ1v) is 12.3. The van der Waals surface area contributed by atoms with Crippen molar-refractivity contribution in [3.8, 4) is 17.2 Å². The van der Waals surface area contributed by atoms with Gasteiger partial charge in [-0.05, 0) is 31.2 Å². The number of aromatic nitrogens is 1. The normalized spacial score (nSPS) is 15.2. The number of esters is 1. The number of hydrogen-bond donors (Lipinski definition) is 0. The first kappa shape index (κ1) is 26.2. The summed E-state index contributed by atoms with van der Waals surface area (Å²) in [4.78, 5) is 32.2. The standard InChI is InChI=1S/C27H28N2O7S/c1-16-23(26(31)36-13-12-32-2)24(19-8-6-7-9-20(19)34-4)29-25(30)22(37-27(29)28-16)14-17-10-11-18(33-3)15-21(17)35-5/h6-11,14-15,24H,12-13H2,1-5H3. The second-order valence-electron chi connectivity index (χ2n) is 8.06. The molecule has 37 heavy (non-hydrogen) atoms. The topological polar surface area (TPSA) is 97.6 Å². The van der Waals surface area contributed by atoms with Crippen LogP contribution in [0.3, 0.4) is 0 Å². The number of nitrogens with zero attached hydrogens (tertiary/aromatic N) is 2. The molecule has 10 heteroatoms. The predicted molar refractivity (Wildman–Crippen MR) is 139 cm³/mol. The van der Waals surface area contributed by atoms with Gasteiger partial charge in [0.05, 0.1) is 43.7 Å². The molecule has 1 aliphatic heterocycles. The van der Waals surface area contributed by atoms with Gasteiger partial charge in [0.2, 0.25) is 0 Å². The minimum atomic E-state index is -0.789. The molecule has 1 unspecified atom stereocenters. The molecule has 0 amide bonds. The second-order valence-corrected chi connectivity index (χ2v) is 9.07. The van der Waals surface area contributed by atoms with Gasteiger partial charge in [0.15, 0.2) is 4.80 Å². The summed E-state index contributed by atoms with van der Waals surface area (Å²) in [5.74, 6) is 1.17. The monoisotopic (exact) mass is 524 g/mol. The van der Waals surface area contributed by atoms with E-state index in [-0.39, 0.29) is 24.3 Å². The van der Waals surface area contributed by atoms with Crippen LogP contribution in [0.1, 0.15) is 24.1 Å². The largest absolute Gasteiger partial charge is 0.497 e. The van der Waals surface area contributed by atoms with E-state index < -0.39 is 12.0 Å². The van der Waals surface area contributed by atoms with Crippen LogP contribution in [-0.4, -0.2) is 52.2 Å². The van der Waals surface area contributed by atoms with Crippen LogP contribution in [-0.2, 0) is 14.3 Å². The Morgan fingerprint density at radius 3 is 2.49 bits per heavy atom. The molecule has 0 spiro atoms. The van der Waals surface area contributed by atoms with Crippen molar-refractivity contribution in [2.24, 2.45) is 4.99 Å². The zero-order chi connectivity index (χ0) is 26.5. The van der Waals surface area contributed by atoms with Gasteiger partial charge in [-0.2, -0.15) is 0 Å². The predicted octanol–water partition coefficient (Wildman–Crippen LogP) is 2.45. The first-order valence-electron chi connectivity index (χ1n) is 11.5. The maximum Gasteiger partial charge on any atom is 0.338 e. The van der Waals surface area contributed by atoms with Gasteiger partial charge in [0, 0.05) is 24.3 Å². The Morgan fingerprint density at radius 2 is 1.78 bits per heavy atom. The molecule has 0 saturated heterocycles. The molecular weight excluding hydrogens is 496 g/mol. The van der Waals surface area contributed by atoms with E-state index in [0.717, 1.165) is 0 Å². The molecule has 4 rings (SSSR count). The van der Waals surface area contributed by atoms with Crippen molar-refractivity contribution in [2.75, 3.05) is 41.7 Å². The van der Waals surface area contributed by atoms with Gasteiger partial charge < -0.3 is 23.7 Å². The molecule has 0 fully saturated rings. The van der Waals surface area contributed by atoms with Gasteiger partial charge in [-0.15, -0.1) is 0 Å². The molecule has 0 saturated carbocycles. The highest BCUT2D eigenvalue weighted by atomic mass is 32.1. The maximum atomic E-state index is 13.8. The fourth-order valence-corrected chi connectivity index (χ4v) is 5.18. The minimum Gasteiger partial charge on any atom is -0.497 e. The number of carbonyl (C=O) groups excluding carboxylic acids is 1. The van der Waals surface area contributed by atoms with Crippen molar-refractivity contribution in [1.82, 2.24) is 4.57 Å². The van der Waals surface area contributed by atoms with Gasteiger partial charge in [0.25, 0.3) is 5.56 Å². The van der Waals surface area contributed by atoms with Crippen molar-refractivity contribution < 1.29 is 28.5 Å². The van der Waals surface area contributed by atoms with Crippen LogP contribution in [0.15, 0.2) is 63.5 Å². The van der Waals surface area contributed by atoms with Gasteiger partial charge in [-0.1, -0.05) is 29.5 Å². The Hall–Kier alpha value is -3.89. The molecule has 9 nitrogen and oxygen atoms in total. The van der Waals surface area contributed by atoms with Crippen molar-refractivity contribution in [3.05, 3.63) is 84.5 Å². The van der Waals surface area contributed by atoms with Crippen LogP contribution in [0.2, 0.25) is 0 Å². The van der Waals surface area contributed by atoms with E-state index >= 15 is 0 Å². The van der Waals surface area contributed by atoms with Gasteiger partial charge in [0.1, 0.15) is 29.9 Å². The van der Waals surface area contributed by atoms with E-state index in [4.69, 9.17) is 23.7 Å². The van der Waals surface area contributed by atoms with E-state index in [9.17, 15) is 9.59 Å². The van der Waals surface area contributed by atoms with Crippen LogP contribution in [0.25, 0.3) is 6.08 Å². The van der Waals surface area contributed by atoms with Crippen LogP contribution in [0.4, 0.5) is 0 Å².